The molecular formula is C16H22N2O3. The Labute approximate surface area is 124 Å². The summed E-state index contributed by atoms with van der Waals surface area (Å²) in [7, 11) is 0. The van der Waals surface area contributed by atoms with E-state index in [4.69, 9.17) is 9.84 Å². The lowest BCUT2D eigenvalue weighted by atomic mass is 10.2. The van der Waals surface area contributed by atoms with Crippen molar-refractivity contribution in [3.8, 4) is 0 Å². The van der Waals surface area contributed by atoms with Gasteiger partial charge in [-0.15, -0.1) is 0 Å². The van der Waals surface area contributed by atoms with E-state index in [1.54, 1.807) is 18.2 Å². The Morgan fingerprint density at radius 3 is 2.81 bits per heavy atom. The van der Waals surface area contributed by atoms with E-state index in [0.717, 1.165) is 29.7 Å². The molecule has 0 unspecified atom stereocenters. The third-order valence-electron chi connectivity index (χ3n) is 3.31. The number of benzene rings is 1. The van der Waals surface area contributed by atoms with Gasteiger partial charge in [0.25, 0.3) is 0 Å². The van der Waals surface area contributed by atoms with E-state index in [2.05, 4.69) is 16.5 Å². The van der Waals surface area contributed by atoms with Crippen molar-refractivity contribution in [2.75, 3.05) is 6.61 Å². The van der Waals surface area contributed by atoms with Gasteiger partial charge in [0.15, 0.2) is 0 Å². The van der Waals surface area contributed by atoms with Crippen molar-refractivity contribution < 1.29 is 14.6 Å². The second-order valence-electron chi connectivity index (χ2n) is 5.36. The summed E-state index contributed by atoms with van der Waals surface area (Å²) < 4.78 is 7.69. The van der Waals surface area contributed by atoms with Crippen molar-refractivity contribution in [2.45, 2.75) is 46.3 Å². The number of aromatic carboxylic acids is 1. The molecule has 2 aromatic rings. The van der Waals surface area contributed by atoms with Crippen molar-refractivity contribution in [1.29, 1.82) is 0 Å². The molecule has 2 rings (SSSR count). The lowest BCUT2D eigenvalue weighted by Gasteiger charge is -2.11. The smallest absolute Gasteiger partial charge is 0.335 e. The number of carboxylic acid groups (broad SMARTS) is 1. The van der Waals surface area contributed by atoms with Crippen LogP contribution in [-0.4, -0.2) is 33.3 Å². The number of rotatable bonds is 7. The summed E-state index contributed by atoms with van der Waals surface area (Å²) in [4.78, 5) is 15.8. The fourth-order valence-corrected chi connectivity index (χ4v) is 2.35. The second kappa shape index (κ2) is 6.72. The number of carbonyl (C=O) groups is 1. The zero-order valence-electron chi connectivity index (χ0n) is 12.8. The number of hydrogen-bond acceptors (Lipinski definition) is 3. The number of carboxylic acids is 1. The van der Waals surface area contributed by atoms with E-state index in [1.807, 2.05) is 13.8 Å². The number of fused-ring (bicyclic) bond motifs is 1. The van der Waals surface area contributed by atoms with E-state index >= 15 is 0 Å². The first-order chi connectivity index (χ1) is 10.0. The summed E-state index contributed by atoms with van der Waals surface area (Å²) >= 11 is 0. The molecule has 0 bridgehead atoms. The number of hydrogen-bond donors (Lipinski definition) is 1. The van der Waals surface area contributed by atoms with Crippen LogP contribution in [0.2, 0.25) is 0 Å². The monoisotopic (exact) mass is 290 g/mol. The Morgan fingerprint density at radius 2 is 2.19 bits per heavy atom. The van der Waals surface area contributed by atoms with Crippen molar-refractivity contribution in [3.05, 3.63) is 29.6 Å². The fraction of sp³-hybridized carbons (Fsp3) is 0.500. The fourth-order valence-electron chi connectivity index (χ4n) is 2.35. The van der Waals surface area contributed by atoms with E-state index in [9.17, 15) is 4.79 Å². The molecule has 1 aromatic heterocycles. The standard InChI is InChI=1S/C16H22N2O3/c1-4-5-15-17-13-7-6-12(16(19)20)10-14(13)18(15)8-9-21-11(2)3/h6-7,10-11H,4-5,8-9H2,1-3H3,(H,19,20). The second-order valence-corrected chi connectivity index (χ2v) is 5.36. The van der Waals surface area contributed by atoms with Crippen LogP contribution < -0.4 is 0 Å². The summed E-state index contributed by atoms with van der Waals surface area (Å²) in [6.07, 6.45) is 2.06. The average molecular weight is 290 g/mol. The predicted molar refractivity (Wildman–Crippen MR) is 81.8 cm³/mol. The van der Waals surface area contributed by atoms with Crippen LogP contribution in [0.15, 0.2) is 18.2 Å². The molecule has 1 aromatic carbocycles. The van der Waals surface area contributed by atoms with Crippen LogP contribution in [0.25, 0.3) is 11.0 Å². The molecule has 1 heterocycles. The Morgan fingerprint density at radius 1 is 1.43 bits per heavy atom. The van der Waals surface area contributed by atoms with E-state index in [-0.39, 0.29) is 11.7 Å². The van der Waals surface area contributed by atoms with Crippen LogP contribution in [-0.2, 0) is 17.7 Å². The Hall–Kier alpha value is -1.88. The normalized spacial score (nSPS) is 11.4. The molecular weight excluding hydrogens is 268 g/mol. The number of aryl methyl sites for hydroxylation is 1. The zero-order chi connectivity index (χ0) is 15.4. The largest absolute Gasteiger partial charge is 0.478 e. The summed E-state index contributed by atoms with van der Waals surface area (Å²) in [6.45, 7) is 7.39. The van der Waals surface area contributed by atoms with Crippen molar-refractivity contribution >= 4 is 17.0 Å². The molecule has 5 heteroatoms. The van der Waals surface area contributed by atoms with Gasteiger partial charge < -0.3 is 14.4 Å². The topological polar surface area (TPSA) is 64.3 Å². The Kier molecular flexibility index (Phi) is 4.96. The van der Waals surface area contributed by atoms with Crippen LogP contribution in [0, 0.1) is 0 Å². The quantitative estimate of drug-likeness (QED) is 0.851. The molecule has 0 aliphatic rings. The van der Waals surface area contributed by atoms with Gasteiger partial charge in [-0.3, -0.25) is 0 Å². The Balaban J connectivity index is 2.38. The number of ether oxygens (including phenoxy) is 1. The van der Waals surface area contributed by atoms with Crippen molar-refractivity contribution in [3.63, 3.8) is 0 Å². The molecule has 114 valence electrons. The van der Waals surface area contributed by atoms with Gasteiger partial charge in [0.05, 0.1) is 29.3 Å². The van der Waals surface area contributed by atoms with E-state index < -0.39 is 5.97 Å². The van der Waals surface area contributed by atoms with Crippen LogP contribution >= 0.6 is 0 Å². The molecule has 0 spiro atoms. The summed E-state index contributed by atoms with van der Waals surface area (Å²) in [6, 6.07) is 5.07. The molecule has 21 heavy (non-hydrogen) atoms. The highest BCUT2D eigenvalue weighted by atomic mass is 16.5. The molecule has 0 radical (unpaired) electrons. The van der Waals surface area contributed by atoms with Gasteiger partial charge in [0.2, 0.25) is 0 Å². The van der Waals surface area contributed by atoms with Gasteiger partial charge in [-0.05, 0) is 38.5 Å². The molecule has 0 saturated heterocycles. The first kappa shape index (κ1) is 15.5. The first-order valence-corrected chi connectivity index (χ1v) is 7.37. The van der Waals surface area contributed by atoms with Crippen molar-refractivity contribution in [1.82, 2.24) is 9.55 Å². The third kappa shape index (κ3) is 3.61. The van der Waals surface area contributed by atoms with Crippen LogP contribution in [0.5, 0.6) is 0 Å². The van der Waals surface area contributed by atoms with Gasteiger partial charge in [0.1, 0.15) is 5.82 Å². The minimum atomic E-state index is -0.917. The molecule has 0 fully saturated rings. The van der Waals surface area contributed by atoms with Crippen LogP contribution in [0.1, 0.15) is 43.4 Å². The zero-order valence-corrected chi connectivity index (χ0v) is 12.8. The third-order valence-corrected chi connectivity index (χ3v) is 3.31. The minimum Gasteiger partial charge on any atom is -0.478 e. The lowest BCUT2D eigenvalue weighted by molar-refractivity contribution is 0.0697. The SMILES string of the molecule is CCCc1nc2ccc(C(=O)O)cc2n1CCOC(C)C. The number of nitrogens with zero attached hydrogens (tertiary/aromatic N) is 2. The molecule has 0 amide bonds. The number of aromatic nitrogens is 2. The molecule has 1 N–H and O–H groups in total. The van der Waals surface area contributed by atoms with Gasteiger partial charge in [0, 0.05) is 13.0 Å². The molecule has 0 atom stereocenters. The van der Waals surface area contributed by atoms with Gasteiger partial charge in [-0.2, -0.15) is 0 Å². The maximum Gasteiger partial charge on any atom is 0.335 e. The number of imidazole rings is 1. The van der Waals surface area contributed by atoms with Gasteiger partial charge in [-0.1, -0.05) is 6.92 Å². The van der Waals surface area contributed by atoms with E-state index in [1.165, 1.54) is 0 Å². The molecule has 0 saturated carbocycles. The molecule has 5 nitrogen and oxygen atoms in total. The summed E-state index contributed by atoms with van der Waals surface area (Å²) in [5.41, 5.74) is 2.00. The molecule has 0 aliphatic heterocycles. The summed E-state index contributed by atoms with van der Waals surface area (Å²) in [5, 5.41) is 9.14. The summed E-state index contributed by atoms with van der Waals surface area (Å²) in [5.74, 6) is 0.0718. The molecule has 0 aliphatic carbocycles. The average Bonchev–Trinajstić information content (AvgIpc) is 2.76. The maximum atomic E-state index is 11.1. The van der Waals surface area contributed by atoms with Gasteiger partial charge >= 0.3 is 5.97 Å². The highest BCUT2D eigenvalue weighted by molar-refractivity contribution is 5.92. The lowest BCUT2D eigenvalue weighted by Crippen LogP contribution is -2.12. The minimum absolute atomic E-state index is 0.184. The van der Waals surface area contributed by atoms with Crippen LogP contribution in [0.3, 0.4) is 0 Å². The highest BCUT2D eigenvalue weighted by Gasteiger charge is 2.13. The first-order valence-electron chi connectivity index (χ1n) is 7.37. The Bertz CT molecular complexity index is 632. The van der Waals surface area contributed by atoms with Crippen LogP contribution in [0.4, 0.5) is 0 Å². The van der Waals surface area contributed by atoms with Crippen molar-refractivity contribution in [2.24, 2.45) is 0 Å². The van der Waals surface area contributed by atoms with Gasteiger partial charge in [-0.25, -0.2) is 9.78 Å². The maximum absolute atomic E-state index is 11.1. The highest BCUT2D eigenvalue weighted by Crippen LogP contribution is 2.19. The van der Waals surface area contributed by atoms with E-state index in [0.29, 0.717) is 13.2 Å². The predicted octanol–water partition coefficient (Wildman–Crippen LogP) is 3.11.